The topological polar surface area (TPSA) is 36.1 Å². The van der Waals surface area contributed by atoms with Gasteiger partial charge in [0.2, 0.25) is 5.91 Å². The van der Waals surface area contributed by atoms with Gasteiger partial charge in [-0.2, -0.15) is 0 Å². The number of fused-ring (bicyclic) bond motifs is 1. The number of hydrogen-bond acceptors (Lipinski definition) is 1. The summed E-state index contributed by atoms with van der Waals surface area (Å²) in [5, 5.41) is 0.846. The van der Waals surface area contributed by atoms with Crippen molar-refractivity contribution in [3.8, 4) is 0 Å². The lowest BCUT2D eigenvalue weighted by atomic mass is 9.93. The highest BCUT2D eigenvalue weighted by atomic mass is 19.1. The maximum Gasteiger partial charge on any atom is 0.233 e. The Kier molecular flexibility index (Phi) is 3.94. The highest BCUT2D eigenvalue weighted by Crippen LogP contribution is 2.51. The van der Waals surface area contributed by atoms with Gasteiger partial charge < -0.3 is 9.88 Å². The van der Waals surface area contributed by atoms with Crippen molar-refractivity contribution >= 4 is 16.8 Å². The van der Waals surface area contributed by atoms with E-state index in [-0.39, 0.29) is 11.7 Å². The Morgan fingerprint density at radius 1 is 1.27 bits per heavy atom. The van der Waals surface area contributed by atoms with Crippen molar-refractivity contribution in [2.45, 2.75) is 44.9 Å². The van der Waals surface area contributed by atoms with Gasteiger partial charge in [-0.15, -0.1) is 0 Å². The zero-order valence-electron chi connectivity index (χ0n) is 13.3. The summed E-state index contributed by atoms with van der Waals surface area (Å²) < 4.78 is 13.6. The van der Waals surface area contributed by atoms with Crippen molar-refractivity contribution < 1.29 is 9.18 Å². The minimum absolute atomic E-state index is 0.210. The third kappa shape index (κ3) is 2.40. The Morgan fingerprint density at radius 3 is 2.55 bits per heavy atom. The molecule has 0 atom stereocenters. The molecule has 0 spiro atoms. The second-order valence-corrected chi connectivity index (χ2v) is 6.27. The first-order valence-corrected chi connectivity index (χ1v) is 8.19. The summed E-state index contributed by atoms with van der Waals surface area (Å²) in [6.45, 7) is 5.78. The molecule has 1 aliphatic carbocycles. The molecule has 4 heteroatoms. The van der Waals surface area contributed by atoms with Crippen LogP contribution in [0, 0.1) is 5.82 Å². The maximum absolute atomic E-state index is 13.6. The fourth-order valence-corrected chi connectivity index (χ4v) is 3.37. The Bertz CT molecular complexity index is 681. The number of aromatic amines is 1. The third-order valence-electron chi connectivity index (χ3n) is 4.59. The second-order valence-electron chi connectivity index (χ2n) is 6.27. The minimum Gasteiger partial charge on any atom is -0.361 e. The quantitative estimate of drug-likeness (QED) is 0.860. The normalized spacial score (nSPS) is 16.0. The van der Waals surface area contributed by atoms with Crippen LogP contribution < -0.4 is 0 Å². The fraction of sp³-hybridized carbons (Fsp3) is 0.500. The highest BCUT2D eigenvalue weighted by molar-refractivity contribution is 5.97. The SMILES string of the molecule is CCCN(CCC)C(=O)C1(c2c[nH]c3ccc(F)cc23)CC1. The number of H-pyrrole nitrogens is 1. The Labute approximate surface area is 130 Å². The Hall–Kier alpha value is -1.84. The number of nitrogens with one attached hydrogen (secondary N) is 1. The molecule has 0 saturated heterocycles. The third-order valence-corrected chi connectivity index (χ3v) is 4.59. The van der Waals surface area contributed by atoms with Gasteiger partial charge in [0.05, 0.1) is 5.41 Å². The van der Waals surface area contributed by atoms with Crippen LogP contribution in [0.5, 0.6) is 0 Å². The average molecular weight is 302 g/mol. The number of hydrogen-bond donors (Lipinski definition) is 1. The van der Waals surface area contributed by atoms with Gasteiger partial charge in [-0.3, -0.25) is 4.79 Å². The van der Waals surface area contributed by atoms with Crippen molar-refractivity contribution in [1.29, 1.82) is 0 Å². The number of nitrogens with zero attached hydrogens (tertiary/aromatic N) is 1. The van der Waals surface area contributed by atoms with Crippen LogP contribution in [0.25, 0.3) is 10.9 Å². The van der Waals surface area contributed by atoms with Gasteiger partial charge in [0, 0.05) is 30.2 Å². The highest BCUT2D eigenvalue weighted by Gasteiger charge is 2.53. The van der Waals surface area contributed by atoms with Crippen molar-refractivity contribution in [2.24, 2.45) is 0 Å². The molecule has 1 aromatic carbocycles. The first-order chi connectivity index (χ1) is 10.6. The number of amides is 1. The van der Waals surface area contributed by atoms with Gasteiger partial charge in [0.15, 0.2) is 0 Å². The van der Waals surface area contributed by atoms with E-state index >= 15 is 0 Å². The smallest absolute Gasteiger partial charge is 0.233 e. The molecule has 1 aliphatic rings. The molecule has 118 valence electrons. The van der Waals surface area contributed by atoms with Crippen molar-refractivity contribution in [3.63, 3.8) is 0 Å². The summed E-state index contributed by atoms with van der Waals surface area (Å²) >= 11 is 0. The van der Waals surface area contributed by atoms with E-state index in [2.05, 4.69) is 18.8 Å². The van der Waals surface area contributed by atoms with Crippen LogP contribution in [-0.4, -0.2) is 28.9 Å². The molecule has 1 fully saturated rings. The van der Waals surface area contributed by atoms with E-state index in [1.54, 1.807) is 12.1 Å². The van der Waals surface area contributed by atoms with Crippen LogP contribution in [0.1, 0.15) is 45.1 Å². The van der Waals surface area contributed by atoms with E-state index in [0.717, 1.165) is 55.2 Å². The van der Waals surface area contributed by atoms with Crippen LogP contribution in [-0.2, 0) is 10.2 Å². The predicted molar refractivity (Wildman–Crippen MR) is 86.3 cm³/mol. The molecule has 1 amide bonds. The lowest BCUT2D eigenvalue weighted by molar-refractivity contribution is -0.134. The van der Waals surface area contributed by atoms with Gasteiger partial charge in [0.25, 0.3) is 0 Å². The predicted octanol–water partition coefficient (Wildman–Crippen LogP) is 3.99. The molecule has 2 aromatic rings. The molecule has 3 nitrogen and oxygen atoms in total. The lowest BCUT2D eigenvalue weighted by Crippen LogP contribution is -2.40. The molecule has 0 bridgehead atoms. The van der Waals surface area contributed by atoms with Crippen LogP contribution >= 0.6 is 0 Å². The van der Waals surface area contributed by atoms with Gasteiger partial charge in [-0.1, -0.05) is 13.8 Å². The van der Waals surface area contributed by atoms with Gasteiger partial charge in [-0.25, -0.2) is 4.39 Å². The summed E-state index contributed by atoms with van der Waals surface area (Å²) in [6.07, 6.45) is 5.54. The number of carbonyl (C=O) groups excluding carboxylic acids is 1. The number of halogens is 1. The van der Waals surface area contributed by atoms with E-state index < -0.39 is 5.41 Å². The van der Waals surface area contributed by atoms with Gasteiger partial charge in [0.1, 0.15) is 5.82 Å². The van der Waals surface area contributed by atoms with E-state index in [0.29, 0.717) is 0 Å². The van der Waals surface area contributed by atoms with Crippen molar-refractivity contribution in [2.75, 3.05) is 13.1 Å². The minimum atomic E-state index is -0.434. The van der Waals surface area contributed by atoms with E-state index in [4.69, 9.17) is 0 Å². The fourth-order valence-electron chi connectivity index (χ4n) is 3.37. The first-order valence-electron chi connectivity index (χ1n) is 8.19. The van der Waals surface area contributed by atoms with Crippen LogP contribution in [0.3, 0.4) is 0 Å². The molecule has 1 aromatic heterocycles. The molecule has 3 rings (SSSR count). The molecule has 0 radical (unpaired) electrons. The number of carbonyl (C=O) groups is 1. The van der Waals surface area contributed by atoms with Crippen LogP contribution in [0.4, 0.5) is 4.39 Å². The molecule has 0 aliphatic heterocycles. The first kappa shape index (κ1) is 15.1. The van der Waals surface area contributed by atoms with Crippen molar-refractivity contribution in [3.05, 3.63) is 35.8 Å². The zero-order chi connectivity index (χ0) is 15.7. The number of aromatic nitrogens is 1. The number of rotatable bonds is 6. The second kappa shape index (κ2) is 5.75. The monoisotopic (exact) mass is 302 g/mol. The van der Waals surface area contributed by atoms with E-state index in [9.17, 15) is 9.18 Å². The summed E-state index contributed by atoms with van der Waals surface area (Å²) in [5.41, 5.74) is 1.42. The van der Waals surface area contributed by atoms with E-state index in [1.165, 1.54) is 6.07 Å². The lowest BCUT2D eigenvalue weighted by Gasteiger charge is -2.26. The average Bonchev–Trinajstić information content (AvgIpc) is 3.20. The van der Waals surface area contributed by atoms with Gasteiger partial charge in [-0.05, 0) is 49.4 Å². The summed E-state index contributed by atoms with van der Waals surface area (Å²) in [7, 11) is 0. The van der Waals surface area contributed by atoms with Crippen molar-refractivity contribution in [1.82, 2.24) is 9.88 Å². The Morgan fingerprint density at radius 2 is 1.95 bits per heavy atom. The molecular formula is C18H23FN2O. The molecule has 22 heavy (non-hydrogen) atoms. The number of benzene rings is 1. The summed E-state index contributed by atoms with van der Waals surface area (Å²) in [6, 6.07) is 4.73. The molecule has 0 unspecified atom stereocenters. The molecule has 1 heterocycles. The Balaban J connectivity index is 1.98. The van der Waals surface area contributed by atoms with Crippen LogP contribution in [0.15, 0.2) is 24.4 Å². The molecule has 1 saturated carbocycles. The van der Waals surface area contributed by atoms with E-state index in [1.807, 2.05) is 11.1 Å². The zero-order valence-corrected chi connectivity index (χ0v) is 13.3. The molecular weight excluding hydrogens is 279 g/mol. The molecule has 1 N–H and O–H groups in total. The van der Waals surface area contributed by atoms with Gasteiger partial charge >= 0.3 is 0 Å². The largest absolute Gasteiger partial charge is 0.361 e. The summed E-state index contributed by atoms with van der Waals surface area (Å²) in [4.78, 5) is 18.2. The maximum atomic E-state index is 13.6. The van der Waals surface area contributed by atoms with Crippen LogP contribution in [0.2, 0.25) is 0 Å². The standard InChI is InChI=1S/C18H23FN2O/c1-3-9-21(10-4-2)17(22)18(7-8-18)15-12-20-16-6-5-13(19)11-14(15)16/h5-6,11-12,20H,3-4,7-10H2,1-2H3. The summed E-state index contributed by atoms with van der Waals surface area (Å²) in [5.74, 6) is -0.0445.